The maximum atomic E-state index is 9.88. The second-order valence-electron chi connectivity index (χ2n) is 3.09. The predicted molar refractivity (Wildman–Crippen MR) is 53.6 cm³/mol. The molecule has 0 radical (unpaired) electrons. The Morgan fingerprint density at radius 1 is 1.33 bits per heavy atom. The van der Waals surface area contributed by atoms with Crippen LogP contribution in [0.1, 0.15) is 17.4 Å². The fraction of sp³-hybridized carbons (Fsp3) is 0.182. The number of aliphatic hydroxyl groups is 1. The molecule has 15 heavy (non-hydrogen) atoms. The van der Waals surface area contributed by atoms with Gasteiger partial charge in [0.15, 0.2) is 6.39 Å². The molecule has 0 saturated carbocycles. The zero-order valence-corrected chi connectivity index (χ0v) is 8.25. The van der Waals surface area contributed by atoms with E-state index in [1.807, 2.05) is 0 Å². The fourth-order valence-corrected chi connectivity index (χ4v) is 1.31. The molecule has 0 aliphatic carbocycles. The van der Waals surface area contributed by atoms with Crippen molar-refractivity contribution in [2.75, 3.05) is 7.11 Å². The van der Waals surface area contributed by atoms with E-state index in [1.165, 1.54) is 12.7 Å². The minimum absolute atomic E-state index is 0.500. The highest BCUT2D eigenvalue weighted by molar-refractivity contribution is 5.31. The molecule has 4 heteroatoms. The van der Waals surface area contributed by atoms with E-state index in [2.05, 4.69) is 4.98 Å². The second-order valence-corrected chi connectivity index (χ2v) is 3.09. The average Bonchev–Trinajstić information content (AvgIpc) is 2.82. The van der Waals surface area contributed by atoms with Crippen molar-refractivity contribution in [1.82, 2.24) is 4.98 Å². The third-order valence-electron chi connectivity index (χ3n) is 2.16. The Labute approximate surface area is 87.1 Å². The van der Waals surface area contributed by atoms with Gasteiger partial charge in [-0.15, -0.1) is 0 Å². The van der Waals surface area contributed by atoms with Gasteiger partial charge in [0.25, 0.3) is 0 Å². The molecule has 1 atom stereocenters. The van der Waals surface area contributed by atoms with Gasteiger partial charge in [0.05, 0.1) is 7.11 Å². The Bertz CT molecular complexity index is 408. The van der Waals surface area contributed by atoms with Crippen molar-refractivity contribution in [2.24, 2.45) is 0 Å². The van der Waals surface area contributed by atoms with Crippen LogP contribution < -0.4 is 4.74 Å². The van der Waals surface area contributed by atoms with Gasteiger partial charge in [-0.3, -0.25) is 0 Å². The molecule has 78 valence electrons. The van der Waals surface area contributed by atoms with E-state index in [-0.39, 0.29) is 0 Å². The van der Waals surface area contributed by atoms with Crippen LogP contribution in [0.5, 0.6) is 5.75 Å². The van der Waals surface area contributed by atoms with E-state index in [0.717, 1.165) is 11.3 Å². The number of hydrogen-bond donors (Lipinski definition) is 1. The first-order valence-electron chi connectivity index (χ1n) is 4.51. The molecule has 2 rings (SSSR count). The summed E-state index contributed by atoms with van der Waals surface area (Å²) in [4.78, 5) is 3.89. The van der Waals surface area contributed by atoms with Crippen molar-refractivity contribution < 1.29 is 14.3 Å². The third kappa shape index (κ3) is 1.99. The largest absolute Gasteiger partial charge is 0.497 e. The van der Waals surface area contributed by atoms with E-state index in [1.54, 1.807) is 31.4 Å². The Morgan fingerprint density at radius 3 is 2.60 bits per heavy atom. The smallest absolute Gasteiger partial charge is 0.180 e. The molecular formula is C11H11NO3. The van der Waals surface area contributed by atoms with Crippen LogP contribution in [-0.2, 0) is 0 Å². The van der Waals surface area contributed by atoms with Gasteiger partial charge in [0, 0.05) is 0 Å². The van der Waals surface area contributed by atoms with Gasteiger partial charge in [-0.1, -0.05) is 12.1 Å². The minimum Gasteiger partial charge on any atom is -0.497 e. The molecule has 0 aliphatic rings. The van der Waals surface area contributed by atoms with Crippen LogP contribution in [0.15, 0.2) is 41.3 Å². The fourth-order valence-electron chi connectivity index (χ4n) is 1.31. The average molecular weight is 205 g/mol. The van der Waals surface area contributed by atoms with E-state index in [0.29, 0.717) is 5.69 Å². The number of aliphatic hydroxyl groups excluding tert-OH is 1. The lowest BCUT2D eigenvalue weighted by molar-refractivity contribution is 0.215. The van der Waals surface area contributed by atoms with E-state index < -0.39 is 6.10 Å². The van der Waals surface area contributed by atoms with Crippen LogP contribution in [0.2, 0.25) is 0 Å². The van der Waals surface area contributed by atoms with Crippen LogP contribution in [0, 0.1) is 0 Å². The van der Waals surface area contributed by atoms with Crippen LogP contribution in [0.4, 0.5) is 0 Å². The van der Waals surface area contributed by atoms with E-state index in [9.17, 15) is 5.11 Å². The lowest BCUT2D eigenvalue weighted by Gasteiger charge is -2.08. The monoisotopic (exact) mass is 205 g/mol. The SMILES string of the molecule is COc1ccc(C(O)c2cocn2)cc1. The quantitative estimate of drug-likeness (QED) is 0.829. The first kappa shape index (κ1) is 9.73. The summed E-state index contributed by atoms with van der Waals surface area (Å²) in [5.41, 5.74) is 1.25. The highest BCUT2D eigenvalue weighted by Gasteiger charge is 2.12. The molecule has 1 heterocycles. The van der Waals surface area contributed by atoms with Crippen molar-refractivity contribution in [1.29, 1.82) is 0 Å². The number of nitrogens with zero attached hydrogens (tertiary/aromatic N) is 1. The molecule has 0 bridgehead atoms. The van der Waals surface area contributed by atoms with Gasteiger partial charge < -0.3 is 14.3 Å². The van der Waals surface area contributed by atoms with Crippen molar-refractivity contribution in [2.45, 2.75) is 6.10 Å². The number of benzene rings is 1. The van der Waals surface area contributed by atoms with Crippen LogP contribution in [-0.4, -0.2) is 17.2 Å². The van der Waals surface area contributed by atoms with E-state index >= 15 is 0 Å². The van der Waals surface area contributed by atoms with Crippen LogP contribution in [0.3, 0.4) is 0 Å². The van der Waals surface area contributed by atoms with Crippen molar-refractivity contribution in [3.8, 4) is 5.75 Å². The summed E-state index contributed by atoms with van der Waals surface area (Å²) in [6, 6.07) is 7.16. The zero-order valence-electron chi connectivity index (χ0n) is 8.25. The predicted octanol–water partition coefficient (Wildman–Crippen LogP) is 1.76. The zero-order chi connectivity index (χ0) is 10.7. The maximum absolute atomic E-state index is 9.88. The Morgan fingerprint density at radius 2 is 2.07 bits per heavy atom. The molecule has 1 aromatic heterocycles. The van der Waals surface area contributed by atoms with Gasteiger partial charge in [-0.05, 0) is 17.7 Å². The topological polar surface area (TPSA) is 55.5 Å². The number of hydrogen-bond acceptors (Lipinski definition) is 4. The summed E-state index contributed by atoms with van der Waals surface area (Å²) in [5, 5.41) is 9.88. The Kier molecular flexibility index (Phi) is 2.69. The summed E-state index contributed by atoms with van der Waals surface area (Å²) in [6.45, 7) is 0. The standard InChI is InChI=1S/C11H11NO3/c1-14-9-4-2-8(3-5-9)11(13)10-6-15-7-12-10/h2-7,11,13H,1H3. The van der Waals surface area contributed by atoms with Gasteiger partial charge in [-0.2, -0.15) is 0 Å². The molecule has 1 aromatic carbocycles. The van der Waals surface area contributed by atoms with Gasteiger partial charge in [0.1, 0.15) is 23.8 Å². The van der Waals surface area contributed by atoms with Crippen molar-refractivity contribution >= 4 is 0 Å². The molecular weight excluding hydrogens is 194 g/mol. The van der Waals surface area contributed by atoms with Gasteiger partial charge in [-0.25, -0.2) is 4.98 Å². The van der Waals surface area contributed by atoms with E-state index in [4.69, 9.17) is 9.15 Å². The maximum Gasteiger partial charge on any atom is 0.180 e. The molecule has 4 nitrogen and oxygen atoms in total. The molecule has 0 aliphatic heterocycles. The Hall–Kier alpha value is -1.81. The minimum atomic E-state index is -0.755. The highest BCUT2D eigenvalue weighted by Crippen LogP contribution is 2.22. The van der Waals surface area contributed by atoms with Crippen LogP contribution >= 0.6 is 0 Å². The summed E-state index contributed by atoms with van der Waals surface area (Å²) < 4.78 is 9.83. The lowest BCUT2D eigenvalue weighted by Crippen LogP contribution is -1.99. The van der Waals surface area contributed by atoms with Crippen molar-refractivity contribution in [3.63, 3.8) is 0 Å². The lowest BCUT2D eigenvalue weighted by atomic mass is 10.1. The summed E-state index contributed by atoms with van der Waals surface area (Å²) >= 11 is 0. The third-order valence-corrected chi connectivity index (χ3v) is 2.16. The number of aromatic nitrogens is 1. The number of rotatable bonds is 3. The second kappa shape index (κ2) is 4.14. The summed E-state index contributed by atoms with van der Waals surface area (Å²) in [5.74, 6) is 0.756. The summed E-state index contributed by atoms with van der Waals surface area (Å²) in [6.07, 6.45) is 1.96. The first-order valence-corrected chi connectivity index (χ1v) is 4.51. The molecule has 0 fully saturated rings. The number of methoxy groups -OCH3 is 1. The van der Waals surface area contributed by atoms with Gasteiger partial charge in [0.2, 0.25) is 0 Å². The molecule has 1 unspecified atom stereocenters. The molecule has 1 N–H and O–H groups in total. The molecule has 0 saturated heterocycles. The Balaban J connectivity index is 2.22. The normalized spacial score (nSPS) is 12.4. The highest BCUT2D eigenvalue weighted by atomic mass is 16.5. The van der Waals surface area contributed by atoms with Crippen molar-refractivity contribution in [3.05, 3.63) is 48.2 Å². The molecule has 0 spiro atoms. The van der Waals surface area contributed by atoms with Gasteiger partial charge >= 0.3 is 0 Å². The van der Waals surface area contributed by atoms with Crippen LogP contribution in [0.25, 0.3) is 0 Å². The molecule has 2 aromatic rings. The number of ether oxygens (including phenoxy) is 1. The first-order chi connectivity index (χ1) is 7.31. The summed E-state index contributed by atoms with van der Waals surface area (Å²) in [7, 11) is 1.60. The number of oxazole rings is 1. The molecule has 0 amide bonds.